The zero-order valence-corrected chi connectivity index (χ0v) is 20.9. The lowest BCUT2D eigenvalue weighted by molar-refractivity contribution is -0.192. The fourth-order valence-corrected chi connectivity index (χ4v) is 3.36. The van der Waals surface area contributed by atoms with Crippen molar-refractivity contribution in [2.45, 2.75) is 38.4 Å². The number of alkyl halides is 3. The number of aliphatic carboxylic acids is 1. The van der Waals surface area contributed by atoms with Crippen LogP contribution in [0.4, 0.5) is 13.2 Å². The van der Waals surface area contributed by atoms with Gasteiger partial charge in [0, 0.05) is 29.6 Å². The Balaban J connectivity index is 0.000000532. The molecule has 3 aromatic heterocycles. The number of allylic oxidation sites excluding steroid dienone is 1. The smallest absolute Gasteiger partial charge is 0.490 e. The minimum absolute atomic E-state index is 0.0558. The predicted octanol–water partition coefficient (Wildman–Crippen LogP) is 5.44. The van der Waals surface area contributed by atoms with Gasteiger partial charge >= 0.3 is 12.1 Å². The lowest BCUT2D eigenvalue weighted by Gasteiger charge is -2.09. The van der Waals surface area contributed by atoms with Gasteiger partial charge in [0.25, 0.3) is 0 Å². The number of Topliss-reactive ketones (excluding diaryl/α,β-unsaturated/α-hetero) is 1. The number of aryl methyl sites for hydroxylation is 1. The normalized spacial score (nSPS) is 12.3. The Morgan fingerprint density at radius 2 is 1.95 bits per heavy atom. The van der Waals surface area contributed by atoms with E-state index in [4.69, 9.17) is 24.8 Å². The van der Waals surface area contributed by atoms with Crippen LogP contribution < -0.4 is 10.5 Å². The second-order valence-corrected chi connectivity index (χ2v) is 8.22. The van der Waals surface area contributed by atoms with Gasteiger partial charge in [0.15, 0.2) is 11.5 Å². The number of oxazole rings is 1. The number of halogens is 3. The molecule has 0 unspecified atom stereocenters. The third-order valence-electron chi connectivity index (χ3n) is 5.32. The van der Waals surface area contributed by atoms with Gasteiger partial charge in [0.2, 0.25) is 5.89 Å². The van der Waals surface area contributed by atoms with Crippen LogP contribution in [0.2, 0.25) is 0 Å². The number of nitrogens with zero attached hydrogens (tertiary/aromatic N) is 3. The number of fused-ring (bicyclic) bond motifs is 1. The van der Waals surface area contributed by atoms with Gasteiger partial charge in [0.1, 0.15) is 17.7 Å². The number of pyridine rings is 1. The largest absolute Gasteiger partial charge is 0.496 e. The fourth-order valence-electron chi connectivity index (χ4n) is 3.36. The van der Waals surface area contributed by atoms with Crippen molar-refractivity contribution in [3.05, 3.63) is 72.2 Å². The maximum Gasteiger partial charge on any atom is 0.490 e. The predicted molar refractivity (Wildman–Crippen MR) is 133 cm³/mol. The molecule has 3 heterocycles. The Kier molecular flexibility index (Phi) is 9.55. The minimum atomic E-state index is -5.08. The van der Waals surface area contributed by atoms with E-state index in [2.05, 4.69) is 19.6 Å². The molecule has 0 amide bonds. The third-order valence-corrected chi connectivity index (χ3v) is 5.32. The van der Waals surface area contributed by atoms with Crippen molar-refractivity contribution in [1.29, 1.82) is 0 Å². The first-order valence-corrected chi connectivity index (χ1v) is 11.6. The van der Waals surface area contributed by atoms with Crippen molar-refractivity contribution < 1.29 is 41.5 Å². The number of carboxylic acids is 1. The number of carbonyl (C=O) groups excluding carboxylic acids is 1. The third kappa shape index (κ3) is 7.98. The number of hydrogen-bond donors (Lipinski definition) is 2. The van der Waals surface area contributed by atoms with Crippen LogP contribution in [0.1, 0.15) is 47.4 Å². The summed E-state index contributed by atoms with van der Waals surface area (Å²) >= 11 is 0. The molecule has 4 rings (SSSR count). The van der Waals surface area contributed by atoms with Gasteiger partial charge in [-0.15, -0.1) is 0 Å². The average molecular weight is 547 g/mol. The average Bonchev–Trinajstić information content (AvgIpc) is 3.60. The highest BCUT2D eigenvalue weighted by Crippen LogP contribution is 2.35. The molecule has 1 aromatic carbocycles. The summed E-state index contributed by atoms with van der Waals surface area (Å²) in [6.07, 6.45) is 3.29. The molecule has 3 N–H and O–H groups in total. The van der Waals surface area contributed by atoms with Gasteiger partial charge in [-0.05, 0) is 31.9 Å². The Morgan fingerprint density at radius 1 is 1.21 bits per heavy atom. The quantitative estimate of drug-likeness (QED) is 0.205. The number of nitrogens with two attached hydrogens (primary N) is 1. The lowest BCUT2D eigenvalue weighted by atomic mass is 10.1. The van der Waals surface area contributed by atoms with Crippen molar-refractivity contribution in [3.63, 3.8) is 0 Å². The van der Waals surface area contributed by atoms with Crippen LogP contribution in [0, 0.1) is 6.92 Å². The van der Waals surface area contributed by atoms with E-state index >= 15 is 0 Å². The molecule has 1 atom stereocenters. The van der Waals surface area contributed by atoms with Gasteiger partial charge < -0.3 is 24.5 Å². The molecule has 0 bridgehead atoms. The van der Waals surface area contributed by atoms with Crippen molar-refractivity contribution in [2.24, 2.45) is 5.73 Å². The summed E-state index contributed by atoms with van der Waals surface area (Å²) in [5.41, 5.74) is 9.18. The molecule has 10 nitrogen and oxygen atoms in total. The summed E-state index contributed by atoms with van der Waals surface area (Å²) in [4.78, 5) is 29.7. The highest BCUT2D eigenvalue weighted by atomic mass is 19.4. The van der Waals surface area contributed by atoms with Crippen LogP contribution in [-0.2, 0) is 4.79 Å². The number of carbonyl (C=O) groups is 2. The Morgan fingerprint density at radius 3 is 2.59 bits per heavy atom. The van der Waals surface area contributed by atoms with Crippen molar-refractivity contribution >= 4 is 22.7 Å². The Bertz CT molecular complexity index is 1450. The number of hydrogen-bond acceptors (Lipinski definition) is 9. The molecule has 0 saturated carbocycles. The number of carboxylic acid groups (broad SMARTS) is 1. The van der Waals surface area contributed by atoms with Crippen LogP contribution in [0.15, 0.2) is 63.9 Å². The van der Waals surface area contributed by atoms with E-state index in [-0.39, 0.29) is 5.78 Å². The van der Waals surface area contributed by atoms with E-state index in [0.717, 1.165) is 22.2 Å². The number of aromatic nitrogens is 3. The first-order chi connectivity index (χ1) is 18.5. The molecule has 206 valence electrons. The molecule has 4 aromatic rings. The van der Waals surface area contributed by atoms with Gasteiger partial charge in [-0.1, -0.05) is 23.4 Å². The van der Waals surface area contributed by atoms with Gasteiger partial charge in [-0.3, -0.25) is 9.78 Å². The summed E-state index contributed by atoms with van der Waals surface area (Å²) in [5, 5.41) is 11.7. The van der Waals surface area contributed by atoms with Crippen LogP contribution >= 0.6 is 0 Å². The first-order valence-electron chi connectivity index (χ1n) is 11.6. The number of benzene rings is 1. The summed E-state index contributed by atoms with van der Waals surface area (Å²) < 4.78 is 47.9. The molecule has 13 heteroatoms. The zero-order valence-electron chi connectivity index (χ0n) is 20.9. The number of ketones is 1. The van der Waals surface area contributed by atoms with Crippen LogP contribution in [0.3, 0.4) is 0 Å². The van der Waals surface area contributed by atoms with E-state index < -0.39 is 18.2 Å². The zero-order chi connectivity index (χ0) is 28.6. The van der Waals surface area contributed by atoms with Crippen molar-refractivity contribution in [3.8, 4) is 17.1 Å². The standard InChI is InChI=1S/C24H24N4O4.C2HF3O2/c1-15-8-9-16-12-17(22(30-2)13-20(16)27-15)23-14-26-24(32-23)18(25)6-4-3-5-7-21(29)19-10-11-31-28-19;3-2(4,5)1(6)7/h3-4,8-14,18H,5-7,25H2,1-2H3;(H,6,7)/b4-3+;/t18-;/m0./s1. The molecule has 0 fully saturated rings. The molecule has 0 saturated heterocycles. The molecule has 0 radical (unpaired) electrons. The monoisotopic (exact) mass is 546 g/mol. The maximum absolute atomic E-state index is 11.9. The van der Waals surface area contributed by atoms with E-state index in [9.17, 15) is 18.0 Å². The lowest BCUT2D eigenvalue weighted by Crippen LogP contribution is -2.21. The van der Waals surface area contributed by atoms with E-state index in [1.807, 2.05) is 43.3 Å². The molecule has 0 aliphatic heterocycles. The highest BCUT2D eigenvalue weighted by molar-refractivity contribution is 5.94. The molecule has 0 aliphatic rings. The summed E-state index contributed by atoms with van der Waals surface area (Å²) in [6.45, 7) is 1.95. The Labute approximate surface area is 220 Å². The minimum Gasteiger partial charge on any atom is -0.496 e. The summed E-state index contributed by atoms with van der Waals surface area (Å²) in [6, 6.07) is 9.00. The maximum atomic E-state index is 11.9. The molecule has 39 heavy (non-hydrogen) atoms. The highest BCUT2D eigenvalue weighted by Gasteiger charge is 2.38. The van der Waals surface area contributed by atoms with Crippen LogP contribution in [0.5, 0.6) is 5.75 Å². The molecular formula is C26H25F3N4O6. The van der Waals surface area contributed by atoms with Crippen LogP contribution in [-0.4, -0.2) is 45.3 Å². The second-order valence-electron chi connectivity index (χ2n) is 8.22. The number of methoxy groups -OCH3 is 1. The van der Waals surface area contributed by atoms with Crippen molar-refractivity contribution in [2.75, 3.05) is 7.11 Å². The Hall–Kier alpha value is -4.52. The first kappa shape index (κ1) is 29.0. The summed E-state index contributed by atoms with van der Waals surface area (Å²) in [7, 11) is 1.61. The topological polar surface area (TPSA) is 155 Å². The van der Waals surface area contributed by atoms with Crippen LogP contribution in [0.25, 0.3) is 22.2 Å². The second kappa shape index (κ2) is 12.8. The van der Waals surface area contributed by atoms with E-state index in [1.165, 1.54) is 6.26 Å². The number of ether oxygens (including phenoxy) is 1. The summed E-state index contributed by atoms with van der Waals surface area (Å²) in [5.74, 6) is -1.14. The number of rotatable bonds is 9. The fraction of sp³-hybridized carbons (Fsp3) is 0.269. The molecule has 0 aliphatic carbocycles. The van der Waals surface area contributed by atoms with Gasteiger partial charge in [-0.25, -0.2) is 9.78 Å². The van der Waals surface area contributed by atoms with E-state index in [0.29, 0.717) is 42.4 Å². The molecule has 0 spiro atoms. The van der Waals surface area contributed by atoms with Gasteiger partial charge in [-0.2, -0.15) is 13.2 Å². The SMILES string of the molecule is COc1cc2nc(C)ccc2cc1-c1cnc([C@@H](N)C/C=C/CCC(=O)c2ccon2)o1.O=C(O)C(F)(F)F. The molecular weight excluding hydrogens is 521 g/mol. The van der Waals surface area contributed by atoms with Gasteiger partial charge in [0.05, 0.1) is 30.4 Å². The van der Waals surface area contributed by atoms with Crippen molar-refractivity contribution in [1.82, 2.24) is 15.1 Å². The van der Waals surface area contributed by atoms with E-state index in [1.54, 1.807) is 19.4 Å².